The van der Waals surface area contributed by atoms with Gasteiger partial charge in [-0.3, -0.25) is 9.59 Å². The van der Waals surface area contributed by atoms with E-state index in [4.69, 9.17) is 4.74 Å². The Morgan fingerprint density at radius 2 is 2.07 bits per heavy atom. The number of hydrogen-bond acceptors (Lipinski definition) is 4. The van der Waals surface area contributed by atoms with E-state index in [9.17, 15) is 9.59 Å². The number of hydrogen-bond donors (Lipinski definition) is 1. The second-order valence-corrected chi connectivity index (χ2v) is 6.34. The molecule has 7 nitrogen and oxygen atoms in total. The van der Waals surface area contributed by atoms with Gasteiger partial charge >= 0.3 is 0 Å². The van der Waals surface area contributed by atoms with E-state index >= 15 is 0 Å². The van der Waals surface area contributed by atoms with Crippen molar-refractivity contribution in [3.8, 4) is 11.4 Å². The third kappa shape index (κ3) is 3.52. The SMILES string of the molecule is CN(Cc1cnn(-c2ccccc2)c1)C(=O)c1ccc2c(c1)OCC(=O)N2. The van der Waals surface area contributed by atoms with Crippen LogP contribution in [0, 0.1) is 0 Å². The Morgan fingerprint density at radius 3 is 2.89 bits per heavy atom. The van der Waals surface area contributed by atoms with Gasteiger partial charge in [0.15, 0.2) is 6.61 Å². The number of fused-ring (bicyclic) bond motifs is 1. The fourth-order valence-corrected chi connectivity index (χ4v) is 2.94. The summed E-state index contributed by atoms with van der Waals surface area (Å²) < 4.78 is 7.16. The van der Waals surface area contributed by atoms with Crippen LogP contribution in [0.3, 0.4) is 0 Å². The zero-order chi connectivity index (χ0) is 18.8. The fourth-order valence-electron chi connectivity index (χ4n) is 2.94. The van der Waals surface area contributed by atoms with Gasteiger partial charge in [0, 0.05) is 30.9 Å². The highest BCUT2D eigenvalue weighted by atomic mass is 16.5. The van der Waals surface area contributed by atoms with E-state index in [1.54, 1.807) is 41.0 Å². The first-order chi connectivity index (χ1) is 13.1. The molecule has 0 atom stereocenters. The van der Waals surface area contributed by atoms with Crippen LogP contribution in [-0.4, -0.2) is 40.1 Å². The number of nitrogens with zero attached hydrogens (tertiary/aromatic N) is 3. The molecule has 0 bridgehead atoms. The number of benzene rings is 2. The summed E-state index contributed by atoms with van der Waals surface area (Å²) in [6.45, 7) is 0.388. The molecule has 0 unspecified atom stereocenters. The molecule has 1 N–H and O–H groups in total. The summed E-state index contributed by atoms with van der Waals surface area (Å²) in [6, 6.07) is 14.8. The van der Waals surface area contributed by atoms with Gasteiger partial charge in [-0.15, -0.1) is 0 Å². The molecule has 1 aliphatic rings. The Bertz CT molecular complexity index is 997. The normalized spacial score (nSPS) is 12.7. The third-order valence-corrected chi connectivity index (χ3v) is 4.28. The van der Waals surface area contributed by atoms with Crippen LogP contribution in [0.25, 0.3) is 5.69 Å². The van der Waals surface area contributed by atoms with E-state index in [2.05, 4.69) is 10.4 Å². The summed E-state index contributed by atoms with van der Waals surface area (Å²) in [5.74, 6) is 0.172. The van der Waals surface area contributed by atoms with Crippen molar-refractivity contribution in [2.24, 2.45) is 0 Å². The number of para-hydroxylation sites is 1. The number of anilines is 1. The minimum Gasteiger partial charge on any atom is -0.482 e. The Labute approximate surface area is 156 Å². The highest BCUT2D eigenvalue weighted by molar-refractivity contribution is 5.98. The molecule has 0 spiro atoms. The number of nitrogens with one attached hydrogen (secondary N) is 1. The highest BCUT2D eigenvalue weighted by Crippen LogP contribution is 2.29. The number of rotatable bonds is 4. The molecule has 0 radical (unpaired) electrons. The van der Waals surface area contributed by atoms with E-state index in [1.807, 2.05) is 36.5 Å². The quantitative estimate of drug-likeness (QED) is 0.774. The predicted octanol–water partition coefficient (Wildman–Crippen LogP) is 2.48. The first kappa shape index (κ1) is 16.8. The van der Waals surface area contributed by atoms with E-state index in [0.717, 1.165) is 11.3 Å². The summed E-state index contributed by atoms with van der Waals surface area (Å²) in [5.41, 5.74) is 2.97. The van der Waals surface area contributed by atoms with Crippen LogP contribution in [0.1, 0.15) is 15.9 Å². The first-order valence-electron chi connectivity index (χ1n) is 8.51. The molecule has 1 aromatic heterocycles. The molecule has 3 aromatic rings. The van der Waals surface area contributed by atoms with E-state index in [0.29, 0.717) is 23.5 Å². The smallest absolute Gasteiger partial charge is 0.262 e. The third-order valence-electron chi connectivity index (χ3n) is 4.28. The van der Waals surface area contributed by atoms with Crippen LogP contribution in [0.4, 0.5) is 5.69 Å². The minimum absolute atomic E-state index is 0.0425. The first-order valence-corrected chi connectivity index (χ1v) is 8.51. The molecule has 27 heavy (non-hydrogen) atoms. The van der Waals surface area contributed by atoms with Crippen molar-refractivity contribution in [3.63, 3.8) is 0 Å². The van der Waals surface area contributed by atoms with Crippen molar-refractivity contribution in [2.45, 2.75) is 6.54 Å². The second-order valence-electron chi connectivity index (χ2n) is 6.34. The van der Waals surface area contributed by atoms with Gasteiger partial charge in [0.2, 0.25) is 0 Å². The van der Waals surface area contributed by atoms with Crippen molar-refractivity contribution in [3.05, 3.63) is 72.1 Å². The van der Waals surface area contributed by atoms with Crippen LogP contribution < -0.4 is 10.1 Å². The van der Waals surface area contributed by atoms with E-state index < -0.39 is 0 Å². The molecule has 0 saturated heterocycles. The average molecular weight is 362 g/mol. The Kier molecular flexibility index (Phi) is 4.33. The van der Waals surface area contributed by atoms with Gasteiger partial charge in [0.05, 0.1) is 17.6 Å². The minimum atomic E-state index is -0.200. The Hall–Kier alpha value is -3.61. The summed E-state index contributed by atoms with van der Waals surface area (Å²) in [6.07, 6.45) is 3.66. The van der Waals surface area contributed by atoms with Gasteiger partial charge < -0.3 is 15.0 Å². The van der Waals surface area contributed by atoms with Crippen LogP contribution in [-0.2, 0) is 11.3 Å². The van der Waals surface area contributed by atoms with E-state index in [-0.39, 0.29) is 18.4 Å². The molecule has 0 fully saturated rings. The lowest BCUT2D eigenvalue weighted by molar-refractivity contribution is -0.118. The van der Waals surface area contributed by atoms with Gasteiger partial charge in [-0.2, -0.15) is 5.10 Å². The van der Waals surface area contributed by atoms with Crippen LogP contribution in [0.2, 0.25) is 0 Å². The van der Waals surface area contributed by atoms with Crippen LogP contribution in [0.5, 0.6) is 5.75 Å². The van der Waals surface area contributed by atoms with Crippen molar-refractivity contribution in [2.75, 3.05) is 19.0 Å². The molecule has 2 heterocycles. The van der Waals surface area contributed by atoms with Crippen LogP contribution >= 0.6 is 0 Å². The number of ether oxygens (including phenoxy) is 1. The van der Waals surface area contributed by atoms with Crippen molar-refractivity contribution < 1.29 is 14.3 Å². The molecule has 1 aliphatic heterocycles. The predicted molar refractivity (Wildman–Crippen MR) is 99.9 cm³/mol. The maximum Gasteiger partial charge on any atom is 0.262 e. The molecular formula is C20H18N4O3. The van der Waals surface area contributed by atoms with Gasteiger partial charge in [0.25, 0.3) is 11.8 Å². The maximum absolute atomic E-state index is 12.7. The number of carbonyl (C=O) groups excluding carboxylic acids is 2. The summed E-state index contributed by atoms with van der Waals surface area (Å²) in [4.78, 5) is 25.7. The zero-order valence-electron chi connectivity index (χ0n) is 14.8. The number of aromatic nitrogens is 2. The maximum atomic E-state index is 12.7. The topological polar surface area (TPSA) is 76.5 Å². The van der Waals surface area contributed by atoms with Crippen molar-refractivity contribution >= 4 is 17.5 Å². The fraction of sp³-hybridized carbons (Fsp3) is 0.150. The molecule has 2 aromatic carbocycles. The summed E-state index contributed by atoms with van der Waals surface area (Å²) >= 11 is 0. The van der Waals surface area contributed by atoms with Gasteiger partial charge in [0.1, 0.15) is 5.75 Å². The average Bonchev–Trinajstić information content (AvgIpc) is 3.16. The lowest BCUT2D eigenvalue weighted by Crippen LogP contribution is -2.28. The van der Waals surface area contributed by atoms with Gasteiger partial charge in [-0.05, 0) is 30.3 Å². The number of carbonyl (C=O) groups is 2. The zero-order valence-corrected chi connectivity index (χ0v) is 14.8. The standard InChI is InChI=1S/C20H18N4O3/c1-23(11-14-10-21-24(12-14)16-5-3-2-4-6-16)20(26)15-7-8-17-18(9-15)27-13-19(25)22-17/h2-10,12H,11,13H2,1H3,(H,22,25). The van der Waals surface area contributed by atoms with Crippen LogP contribution in [0.15, 0.2) is 60.9 Å². The highest BCUT2D eigenvalue weighted by Gasteiger charge is 2.19. The van der Waals surface area contributed by atoms with Crippen molar-refractivity contribution in [1.82, 2.24) is 14.7 Å². The molecular weight excluding hydrogens is 344 g/mol. The van der Waals surface area contributed by atoms with Gasteiger partial charge in [-0.25, -0.2) is 4.68 Å². The van der Waals surface area contributed by atoms with Crippen molar-refractivity contribution in [1.29, 1.82) is 0 Å². The molecule has 136 valence electrons. The molecule has 7 heteroatoms. The summed E-state index contributed by atoms with van der Waals surface area (Å²) in [7, 11) is 1.74. The second kappa shape index (κ2) is 6.95. The Morgan fingerprint density at radius 1 is 1.26 bits per heavy atom. The Balaban J connectivity index is 1.47. The number of amides is 2. The largest absolute Gasteiger partial charge is 0.482 e. The summed E-state index contributed by atoms with van der Waals surface area (Å²) in [5, 5.41) is 7.07. The molecule has 2 amide bonds. The lowest BCUT2D eigenvalue weighted by atomic mass is 10.1. The van der Waals surface area contributed by atoms with E-state index in [1.165, 1.54) is 0 Å². The molecule has 0 saturated carbocycles. The monoisotopic (exact) mass is 362 g/mol. The van der Waals surface area contributed by atoms with Gasteiger partial charge in [-0.1, -0.05) is 18.2 Å². The molecule has 4 rings (SSSR count). The molecule has 0 aliphatic carbocycles. The lowest BCUT2D eigenvalue weighted by Gasteiger charge is -2.20.